The molecule has 0 bridgehead atoms. The topological polar surface area (TPSA) is 123 Å². The van der Waals surface area contributed by atoms with Gasteiger partial charge < -0.3 is 19.4 Å². The van der Waals surface area contributed by atoms with E-state index in [-0.39, 0.29) is 18.3 Å². The predicted molar refractivity (Wildman–Crippen MR) is 115 cm³/mol. The third-order valence-electron chi connectivity index (χ3n) is 4.86. The molecule has 9 nitrogen and oxygen atoms in total. The number of nitrogens with one attached hydrogen (secondary N) is 2. The van der Waals surface area contributed by atoms with E-state index in [9.17, 15) is 14.4 Å². The molecule has 0 aliphatic rings. The summed E-state index contributed by atoms with van der Waals surface area (Å²) in [4.78, 5) is 43.3. The van der Waals surface area contributed by atoms with Gasteiger partial charge in [0.25, 0.3) is 5.91 Å². The van der Waals surface area contributed by atoms with E-state index in [4.69, 9.17) is 4.52 Å². The number of benzene rings is 2. The maximum Gasteiger partial charge on any atom is 0.316 e. The number of aromatic nitrogens is 4. The Morgan fingerprint density at radius 1 is 1.16 bits per heavy atom. The average molecular weight is 419 g/mol. The zero-order valence-electron chi connectivity index (χ0n) is 17.1. The molecule has 0 aliphatic heterocycles. The summed E-state index contributed by atoms with van der Waals surface area (Å²) in [7, 11) is 0. The zero-order chi connectivity index (χ0) is 22.0. The molecular formula is C22H21N5O4. The quantitative estimate of drug-likeness (QED) is 0.463. The molecule has 2 aromatic heterocycles. The van der Waals surface area contributed by atoms with E-state index in [1.54, 1.807) is 30.3 Å². The maximum atomic E-state index is 12.2. The molecule has 158 valence electrons. The molecule has 0 aliphatic carbocycles. The number of nitrogens with zero attached hydrogens (tertiary/aromatic N) is 3. The monoisotopic (exact) mass is 419 g/mol. The Morgan fingerprint density at radius 3 is 2.68 bits per heavy atom. The van der Waals surface area contributed by atoms with Crippen molar-refractivity contribution >= 4 is 16.9 Å². The number of carbonyl (C=O) groups excluding carboxylic acids is 1. The maximum absolute atomic E-state index is 12.2. The smallest absolute Gasteiger partial charge is 0.316 e. The van der Waals surface area contributed by atoms with Crippen molar-refractivity contribution in [3.8, 4) is 11.4 Å². The van der Waals surface area contributed by atoms with Gasteiger partial charge in [0.05, 0.1) is 17.6 Å². The van der Waals surface area contributed by atoms with Gasteiger partial charge in [0, 0.05) is 17.7 Å². The minimum absolute atomic E-state index is 0.0835. The molecule has 0 radical (unpaired) electrons. The van der Waals surface area contributed by atoms with Crippen molar-refractivity contribution in [3.05, 3.63) is 80.2 Å². The first kappa shape index (κ1) is 20.3. The molecular weight excluding hydrogens is 398 g/mol. The van der Waals surface area contributed by atoms with Gasteiger partial charge in [0.1, 0.15) is 0 Å². The molecule has 9 heteroatoms. The van der Waals surface area contributed by atoms with Crippen molar-refractivity contribution < 1.29 is 9.32 Å². The first-order chi connectivity index (χ1) is 15.0. The first-order valence-electron chi connectivity index (χ1n) is 9.91. The molecule has 0 atom stereocenters. The Kier molecular flexibility index (Phi) is 5.48. The summed E-state index contributed by atoms with van der Waals surface area (Å²) < 4.78 is 6.70. The standard InChI is InChI=1S/C22H21N5O4/c1-3-10-27-17-9-8-15(11-16(17)24-21(29)22(27)30)19-25-18(31-26-19)12-23-20(28)14-6-4-13(2)5-7-14/h4-9,11H,3,10,12H2,1-2H3,(H,23,28)(H,24,29). The average Bonchev–Trinajstić information content (AvgIpc) is 3.24. The lowest BCUT2D eigenvalue weighted by Gasteiger charge is -2.08. The first-order valence-corrected chi connectivity index (χ1v) is 9.91. The fraction of sp³-hybridized carbons (Fsp3) is 0.227. The van der Waals surface area contributed by atoms with Gasteiger partial charge >= 0.3 is 11.1 Å². The minimum atomic E-state index is -0.675. The van der Waals surface area contributed by atoms with Gasteiger partial charge in [-0.15, -0.1) is 0 Å². The van der Waals surface area contributed by atoms with Crippen LogP contribution in [0.1, 0.15) is 35.2 Å². The van der Waals surface area contributed by atoms with Crippen LogP contribution in [-0.4, -0.2) is 25.6 Å². The second-order valence-corrected chi connectivity index (χ2v) is 7.20. The number of H-pyrrole nitrogens is 1. The largest absolute Gasteiger partial charge is 0.343 e. The molecule has 4 rings (SSSR count). The van der Waals surface area contributed by atoms with Crippen LogP contribution < -0.4 is 16.4 Å². The van der Waals surface area contributed by atoms with E-state index in [0.29, 0.717) is 34.5 Å². The van der Waals surface area contributed by atoms with Crippen molar-refractivity contribution in [3.63, 3.8) is 0 Å². The fourth-order valence-electron chi connectivity index (χ4n) is 3.27. The molecule has 0 saturated heterocycles. The van der Waals surface area contributed by atoms with E-state index in [1.165, 1.54) is 4.57 Å². The van der Waals surface area contributed by atoms with E-state index in [1.807, 2.05) is 26.0 Å². The molecule has 31 heavy (non-hydrogen) atoms. The number of rotatable bonds is 6. The summed E-state index contributed by atoms with van der Waals surface area (Å²) in [5.74, 6) is 0.326. The number of aromatic amines is 1. The predicted octanol–water partition coefficient (Wildman–Crippen LogP) is 2.39. The molecule has 0 unspecified atom stereocenters. The van der Waals surface area contributed by atoms with Crippen LogP contribution in [0.4, 0.5) is 0 Å². The SMILES string of the molecule is CCCn1c(=O)c(=O)[nH]c2cc(-c3noc(CNC(=O)c4ccc(C)cc4)n3)ccc21. The summed E-state index contributed by atoms with van der Waals surface area (Å²) in [6.45, 7) is 4.42. The summed E-state index contributed by atoms with van der Waals surface area (Å²) in [6.07, 6.45) is 0.725. The number of fused-ring (bicyclic) bond motifs is 1. The number of aryl methyl sites for hydroxylation is 2. The Bertz CT molecular complexity index is 1370. The molecule has 1 amide bonds. The number of carbonyl (C=O) groups is 1. The van der Waals surface area contributed by atoms with Gasteiger partial charge in [-0.05, 0) is 43.7 Å². The van der Waals surface area contributed by atoms with Gasteiger partial charge in [-0.3, -0.25) is 14.4 Å². The van der Waals surface area contributed by atoms with Crippen molar-refractivity contribution in [1.82, 2.24) is 25.0 Å². The molecule has 2 N–H and O–H groups in total. The van der Waals surface area contributed by atoms with Crippen LogP contribution in [0, 0.1) is 6.92 Å². The minimum Gasteiger partial charge on any atom is -0.343 e. The van der Waals surface area contributed by atoms with Crippen LogP contribution in [0.2, 0.25) is 0 Å². The Morgan fingerprint density at radius 2 is 1.94 bits per heavy atom. The Hall–Kier alpha value is -4.01. The number of amides is 1. The van der Waals surface area contributed by atoms with Crippen LogP contribution >= 0.6 is 0 Å². The van der Waals surface area contributed by atoms with Crippen molar-refractivity contribution in [2.24, 2.45) is 0 Å². The van der Waals surface area contributed by atoms with Gasteiger partial charge in [-0.1, -0.05) is 29.8 Å². The van der Waals surface area contributed by atoms with E-state index < -0.39 is 11.1 Å². The van der Waals surface area contributed by atoms with Crippen LogP contribution in [0.25, 0.3) is 22.4 Å². The van der Waals surface area contributed by atoms with Crippen molar-refractivity contribution in [2.75, 3.05) is 0 Å². The summed E-state index contributed by atoms with van der Waals surface area (Å²) in [5.41, 5.74) is 2.12. The fourth-order valence-corrected chi connectivity index (χ4v) is 3.27. The highest BCUT2D eigenvalue weighted by Crippen LogP contribution is 2.20. The second-order valence-electron chi connectivity index (χ2n) is 7.20. The number of hydrogen-bond acceptors (Lipinski definition) is 6. The normalized spacial score (nSPS) is 11.0. The van der Waals surface area contributed by atoms with Crippen molar-refractivity contribution in [1.29, 1.82) is 0 Å². The molecule has 4 aromatic rings. The van der Waals surface area contributed by atoms with Crippen LogP contribution in [0.3, 0.4) is 0 Å². The molecule has 0 fully saturated rings. The van der Waals surface area contributed by atoms with Gasteiger partial charge in [-0.2, -0.15) is 4.98 Å². The lowest BCUT2D eigenvalue weighted by molar-refractivity contribution is 0.0946. The highest BCUT2D eigenvalue weighted by molar-refractivity contribution is 5.94. The van der Waals surface area contributed by atoms with Crippen molar-refractivity contribution in [2.45, 2.75) is 33.4 Å². The number of hydrogen-bond donors (Lipinski definition) is 2. The van der Waals surface area contributed by atoms with Crippen LogP contribution in [-0.2, 0) is 13.1 Å². The Labute approximate surface area is 176 Å². The molecule has 2 heterocycles. The molecule has 0 spiro atoms. The van der Waals surface area contributed by atoms with Crippen LogP contribution in [0.15, 0.2) is 56.6 Å². The van der Waals surface area contributed by atoms with E-state index in [0.717, 1.165) is 12.0 Å². The van der Waals surface area contributed by atoms with Gasteiger partial charge in [-0.25, -0.2) is 0 Å². The van der Waals surface area contributed by atoms with Gasteiger partial charge in [0.15, 0.2) is 0 Å². The highest BCUT2D eigenvalue weighted by atomic mass is 16.5. The zero-order valence-corrected chi connectivity index (χ0v) is 17.1. The Balaban J connectivity index is 1.55. The third kappa shape index (κ3) is 4.16. The van der Waals surface area contributed by atoms with Crippen LogP contribution in [0.5, 0.6) is 0 Å². The lowest BCUT2D eigenvalue weighted by atomic mass is 10.1. The lowest BCUT2D eigenvalue weighted by Crippen LogP contribution is -2.36. The highest BCUT2D eigenvalue weighted by Gasteiger charge is 2.13. The molecule has 0 saturated carbocycles. The van der Waals surface area contributed by atoms with E-state index >= 15 is 0 Å². The summed E-state index contributed by atoms with van der Waals surface area (Å²) in [6, 6.07) is 12.4. The van der Waals surface area contributed by atoms with E-state index in [2.05, 4.69) is 20.4 Å². The summed E-state index contributed by atoms with van der Waals surface area (Å²) >= 11 is 0. The van der Waals surface area contributed by atoms with Gasteiger partial charge in [0.2, 0.25) is 11.7 Å². The third-order valence-corrected chi connectivity index (χ3v) is 4.86. The second kappa shape index (κ2) is 8.39. The summed E-state index contributed by atoms with van der Waals surface area (Å²) in [5, 5.41) is 6.70. The molecule has 2 aromatic carbocycles.